The van der Waals surface area contributed by atoms with Gasteiger partial charge in [0, 0.05) is 11.4 Å². The van der Waals surface area contributed by atoms with Gasteiger partial charge >= 0.3 is 0 Å². The maximum absolute atomic E-state index is 5.98. The van der Waals surface area contributed by atoms with Crippen molar-refractivity contribution >= 4 is 40.4 Å². The van der Waals surface area contributed by atoms with Crippen molar-refractivity contribution < 1.29 is 0 Å². The Labute approximate surface area is 122 Å². The van der Waals surface area contributed by atoms with Gasteiger partial charge in [0.2, 0.25) is 0 Å². The van der Waals surface area contributed by atoms with Gasteiger partial charge in [-0.2, -0.15) is 0 Å². The summed E-state index contributed by atoms with van der Waals surface area (Å²) < 4.78 is 0.293. The lowest BCUT2D eigenvalue weighted by Gasteiger charge is -2.08. The van der Waals surface area contributed by atoms with Gasteiger partial charge in [-0.15, -0.1) is 0 Å². The third-order valence-electron chi connectivity index (χ3n) is 2.64. The lowest BCUT2D eigenvalue weighted by atomic mass is 10.00. The molecule has 0 unspecified atom stereocenters. The zero-order valence-corrected chi connectivity index (χ0v) is 11.8. The molecule has 2 aromatic carbocycles. The Morgan fingerprint density at radius 1 is 0.833 bits per heavy atom. The Hall–Kier alpha value is -0.950. The minimum absolute atomic E-state index is 0.293. The molecule has 0 saturated heterocycles. The summed E-state index contributed by atoms with van der Waals surface area (Å²) in [5.41, 5.74) is 3.06. The number of halogens is 3. The molecule has 0 atom stereocenters. The standard InChI is InChI=1S/C15H11Cl3/c16-13-8-6-12(7-9-13)14(15(17)18)10-11-4-2-1-3-5-11/h1-9H,10H2. The van der Waals surface area contributed by atoms with Crippen LogP contribution in [0.4, 0.5) is 0 Å². The monoisotopic (exact) mass is 296 g/mol. The molecule has 0 spiro atoms. The van der Waals surface area contributed by atoms with Crippen molar-refractivity contribution in [3.8, 4) is 0 Å². The Bertz CT molecular complexity index is 538. The Morgan fingerprint density at radius 3 is 2.00 bits per heavy atom. The van der Waals surface area contributed by atoms with Crippen LogP contribution in [0.15, 0.2) is 59.1 Å². The van der Waals surface area contributed by atoms with E-state index in [9.17, 15) is 0 Å². The van der Waals surface area contributed by atoms with Gasteiger partial charge in [0.1, 0.15) is 4.49 Å². The maximum Gasteiger partial charge on any atom is 0.110 e. The van der Waals surface area contributed by atoms with E-state index in [4.69, 9.17) is 34.8 Å². The summed E-state index contributed by atoms with van der Waals surface area (Å²) in [6, 6.07) is 17.6. The smallest absolute Gasteiger partial charge is 0.0843 e. The summed E-state index contributed by atoms with van der Waals surface area (Å²) >= 11 is 17.8. The van der Waals surface area contributed by atoms with Gasteiger partial charge in [0.05, 0.1) is 0 Å². The van der Waals surface area contributed by atoms with Gasteiger partial charge in [-0.25, -0.2) is 0 Å². The van der Waals surface area contributed by atoms with E-state index in [0.717, 1.165) is 11.1 Å². The van der Waals surface area contributed by atoms with E-state index < -0.39 is 0 Å². The molecule has 0 heterocycles. The molecule has 2 aromatic rings. The van der Waals surface area contributed by atoms with Crippen LogP contribution in [0, 0.1) is 0 Å². The van der Waals surface area contributed by atoms with Gasteiger partial charge < -0.3 is 0 Å². The summed E-state index contributed by atoms with van der Waals surface area (Å²) in [6.07, 6.45) is 0.699. The summed E-state index contributed by atoms with van der Waals surface area (Å²) in [5.74, 6) is 0. The molecule has 92 valence electrons. The highest BCUT2D eigenvalue weighted by molar-refractivity contribution is 6.58. The molecule has 0 radical (unpaired) electrons. The van der Waals surface area contributed by atoms with Gasteiger partial charge in [-0.3, -0.25) is 0 Å². The largest absolute Gasteiger partial charge is 0.110 e. The summed E-state index contributed by atoms with van der Waals surface area (Å²) in [5, 5.41) is 0.698. The fraction of sp³-hybridized carbons (Fsp3) is 0.0667. The van der Waals surface area contributed by atoms with Crippen LogP contribution in [0.3, 0.4) is 0 Å². The van der Waals surface area contributed by atoms with Crippen LogP contribution in [-0.4, -0.2) is 0 Å². The minimum atomic E-state index is 0.293. The van der Waals surface area contributed by atoms with Crippen molar-refractivity contribution in [2.75, 3.05) is 0 Å². The first-order valence-electron chi connectivity index (χ1n) is 5.51. The molecule has 0 nitrogen and oxygen atoms in total. The summed E-state index contributed by atoms with van der Waals surface area (Å²) in [6.45, 7) is 0. The van der Waals surface area contributed by atoms with E-state index >= 15 is 0 Å². The van der Waals surface area contributed by atoms with E-state index in [2.05, 4.69) is 0 Å². The average Bonchev–Trinajstić information content (AvgIpc) is 2.38. The minimum Gasteiger partial charge on any atom is -0.0843 e. The summed E-state index contributed by atoms with van der Waals surface area (Å²) in [4.78, 5) is 0. The van der Waals surface area contributed by atoms with Crippen molar-refractivity contribution in [1.82, 2.24) is 0 Å². The molecule has 0 fully saturated rings. The van der Waals surface area contributed by atoms with E-state index in [-0.39, 0.29) is 0 Å². The number of hydrogen-bond acceptors (Lipinski definition) is 0. The Balaban J connectivity index is 2.31. The highest BCUT2D eigenvalue weighted by Crippen LogP contribution is 2.28. The predicted molar refractivity (Wildman–Crippen MR) is 80.2 cm³/mol. The molecule has 0 bridgehead atoms. The molecule has 0 aliphatic carbocycles. The molecule has 3 heteroatoms. The predicted octanol–water partition coefficient (Wildman–Crippen LogP) is 5.73. The van der Waals surface area contributed by atoms with Crippen LogP contribution in [0.1, 0.15) is 11.1 Å². The third-order valence-corrected chi connectivity index (χ3v) is 3.35. The molecule has 0 saturated carbocycles. The van der Waals surface area contributed by atoms with Crippen LogP contribution in [0.25, 0.3) is 5.57 Å². The second-order valence-corrected chi connectivity index (χ2v) is 5.29. The lowest BCUT2D eigenvalue weighted by molar-refractivity contribution is 1.28. The highest BCUT2D eigenvalue weighted by atomic mass is 35.5. The quantitative estimate of drug-likeness (QED) is 0.679. The van der Waals surface area contributed by atoms with Crippen molar-refractivity contribution in [3.63, 3.8) is 0 Å². The average molecular weight is 298 g/mol. The fourth-order valence-electron chi connectivity index (χ4n) is 1.73. The van der Waals surface area contributed by atoms with E-state index in [1.54, 1.807) is 0 Å². The topological polar surface area (TPSA) is 0 Å². The molecular formula is C15H11Cl3. The number of benzene rings is 2. The first kappa shape index (κ1) is 13.5. The van der Waals surface area contributed by atoms with Crippen LogP contribution in [0.5, 0.6) is 0 Å². The Kier molecular flexibility index (Phi) is 4.71. The molecule has 18 heavy (non-hydrogen) atoms. The second kappa shape index (κ2) is 6.29. The van der Waals surface area contributed by atoms with Crippen molar-refractivity contribution in [2.24, 2.45) is 0 Å². The molecular weight excluding hydrogens is 287 g/mol. The van der Waals surface area contributed by atoms with Crippen molar-refractivity contribution in [1.29, 1.82) is 0 Å². The fourth-order valence-corrected chi connectivity index (χ4v) is 2.21. The highest BCUT2D eigenvalue weighted by Gasteiger charge is 2.07. The van der Waals surface area contributed by atoms with Gasteiger partial charge in [-0.05, 0) is 28.8 Å². The molecule has 0 aromatic heterocycles. The summed E-state index contributed by atoms with van der Waals surface area (Å²) in [7, 11) is 0. The lowest BCUT2D eigenvalue weighted by Crippen LogP contribution is -1.91. The van der Waals surface area contributed by atoms with Crippen LogP contribution >= 0.6 is 34.8 Å². The zero-order chi connectivity index (χ0) is 13.0. The normalized spacial score (nSPS) is 10.2. The van der Waals surface area contributed by atoms with Crippen molar-refractivity contribution in [2.45, 2.75) is 6.42 Å². The zero-order valence-electron chi connectivity index (χ0n) is 9.54. The van der Waals surface area contributed by atoms with Crippen LogP contribution < -0.4 is 0 Å². The number of rotatable bonds is 3. The first-order valence-corrected chi connectivity index (χ1v) is 6.64. The van der Waals surface area contributed by atoms with Gasteiger partial charge in [-0.1, -0.05) is 77.3 Å². The SMILES string of the molecule is ClC(Cl)=C(Cc1ccccc1)c1ccc(Cl)cc1. The van der Waals surface area contributed by atoms with E-state index in [0.29, 0.717) is 15.9 Å². The Morgan fingerprint density at radius 2 is 1.44 bits per heavy atom. The van der Waals surface area contributed by atoms with Gasteiger partial charge in [0.25, 0.3) is 0 Å². The maximum atomic E-state index is 5.98. The van der Waals surface area contributed by atoms with Crippen LogP contribution in [-0.2, 0) is 6.42 Å². The molecule has 2 rings (SSSR count). The van der Waals surface area contributed by atoms with Crippen molar-refractivity contribution in [3.05, 3.63) is 75.2 Å². The third kappa shape index (κ3) is 3.52. The van der Waals surface area contributed by atoms with E-state index in [1.165, 1.54) is 5.56 Å². The number of allylic oxidation sites excluding steroid dienone is 1. The van der Waals surface area contributed by atoms with E-state index in [1.807, 2.05) is 54.6 Å². The molecule has 0 aliphatic rings. The first-order chi connectivity index (χ1) is 8.66. The van der Waals surface area contributed by atoms with Gasteiger partial charge in [0.15, 0.2) is 0 Å². The second-order valence-electron chi connectivity index (χ2n) is 3.91. The molecule has 0 aliphatic heterocycles. The molecule has 0 N–H and O–H groups in total. The van der Waals surface area contributed by atoms with Crippen LogP contribution in [0.2, 0.25) is 5.02 Å². The number of hydrogen-bond donors (Lipinski definition) is 0. The molecule has 0 amide bonds.